The van der Waals surface area contributed by atoms with E-state index in [-0.39, 0.29) is 5.91 Å². The lowest BCUT2D eigenvalue weighted by molar-refractivity contribution is -0.126. The normalized spacial score (nSPS) is 17.2. The monoisotopic (exact) mass is 326 g/mol. The van der Waals surface area contributed by atoms with E-state index >= 15 is 0 Å². The standard InChI is InChI=1S/C13H19BrN4O/c1-13(2,18-7-5-15-6-8-18)12(19)17-11-3-4-16-9-10(11)14/h3-4,9,15H,5-8H2,1-2H3,(H,16,17,19). The van der Waals surface area contributed by atoms with E-state index in [1.807, 2.05) is 13.8 Å². The van der Waals surface area contributed by atoms with E-state index in [9.17, 15) is 4.79 Å². The van der Waals surface area contributed by atoms with Gasteiger partial charge in [0, 0.05) is 38.6 Å². The van der Waals surface area contributed by atoms with Gasteiger partial charge in [-0.15, -0.1) is 0 Å². The van der Waals surface area contributed by atoms with E-state index in [2.05, 4.69) is 36.4 Å². The summed E-state index contributed by atoms with van der Waals surface area (Å²) in [6.45, 7) is 7.55. The van der Waals surface area contributed by atoms with E-state index in [0.29, 0.717) is 0 Å². The van der Waals surface area contributed by atoms with Crippen molar-refractivity contribution >= 4 is 27.5 Å². The fourth-order valence-electron chi connectivity index (χ4n) is 2.12. The number of nitrogens with zero attached hydrogens (tertiary/aromatic N) is 2. The second-order valence-corrected chi connectivity index (χ2v) is 5.96. The number of pyridine rings is 1. The van der Waals surface area contributed by atoms with Gasteiger partial charge in [0.15, 0.2) is 0 Å². The molecule has 1 aliphatic heterocycles. The van der Waals surface area contributed by atoms with Gasteiger partial charge in [-0.25, -0.2) is 0 Å². The van der Waals surface area contributed by atoms with Crippen LogP contribution in [-0.4, -0.2) is 47.5 Å². The van der Waals surface area contributed by atoms with Crippen molar-refractivity contribution in [1.82, 2.24) is 15.2 Å². The Bertz CT molecular complexity index is 458. The van der Waals surface area contributed by atoms with Gasteiger partial charge in [0.1, 0.15) is 0 Å². The maximum absolute atomic E-state index is 12.5. The second-order valence-electron chi connectivity index (χ2n) is 5.11. The number of nitrogens with one attached hydrogen (secondary N) is 2. The van der Waals surface area contributed by atoms with Gasteiger partial charge in [-0.3, -0.25) is 14.7 Å². The van der Waals surface area contributed by atoms with Gasteiger partial charge < -0.3 is 10.6 Å². The molecule has 1 aromatic heterocycles. The van der Waals surface area contributed by atoms with Crippen LogP contribution in [0.3, 0.4) is 0 Å². The topological polar surface area (TPSA) is 57.3 Å². The zero-order valence-corrected chi connectivity index (χ0v) is 12.8. The van der Waals surface area contributed by atoms with Gasteiger partial charge in [-0.05, 0) is 35.8 Å². The number of halogens is 1. The van der Waals surface area contributed by atoms with Crippen LogP contribution in [0.5, 0.6) is 0 Å². The molecule has 5 nitrogen and oxygen atoms in total. The first-order chi connectivity index (χ1) is 9.01. The summed E-state index contributed by atoms with van der Waals surface area (Å²) in [5, 5.41) is 6.26. The Hall–Kier alpha value is -0.980. The van der Waals surface area contributed by atoms with E-state index in [4.69, 9.17) is 0 Å². The van der Waals surface area contributed by atoms with Crippen molar-refractivity contribution in [3.8, 4) is 0 Å². The van der Waals surface area contributed by atoms with Gasteiger partial charge in [0.2, 0.25) is 5.91 Å². The molecule has 6 heteroatoms. The van der Waals surface area contributed by atoms with Crippen LogP contribution < -0.4 is 10.6 Å². The predicted octanol–water partition coefficient (Wildman–Crippen LogP) is 1.47. The minimum absolute atomic E-state index is 0.00120. The van der Waals surface area contributed by atoms with E-state index in [1.165, 1.54) is 0 Å². The molecule has 0 aromatic carbocycles. The third-order valence-corrected chi connectivity index (χ3v) is 4.12. The van der Waals surface area contributed by atoms with Crippen LogP contribution in [0.1, 0.15) is 13.8 Å². The summed E-state index contributed by atoms with van der Waals surface area (Å²) in [5.74, 6) is 0.00120. The van der Waals surface area contributed by atoms with Crippen molar-refractivity contribution in [1.29, 1.82) is 0 Å². The van der Waals surface area contributed by atoms with Gasteiger partial charge in [-0.2, -0.15) is 0 Å². The fourth-order valence-corrected chi connectivity index (χ4v) is 2.47. The van der Waals surface area contributed by atoms with Crippen LogP contribution in [0.4, 0.5) is 5.69 Å². The Kier molecular flexibility index (Phi) is 4.54. The summed E-state index contributed by atoms with van der Waals surface area (Å²) in [7, 11) is 0. The first-order valence-corrected chi connectivity index (χ1v) is 7.18. The number of amides is 1. The largest absolute Gasteiger partial charge is 0.323 e. The summed E-state index contributed by atoms with van der Waals surface area (Å²) in [5.41, 5.74) is 0.230. The van der Waals surface area contributed by atoms with Crippen molar-refractivity contribution < 1.29 is 4.79 Å². The molecular formula is C13H19BrN4O. The van der Waals surface area contributed by atoms with Crippen LogP contribution in [0.25, 0.3) is 0 Å². The molecule has 0 bridgehead atoms. The van der Waals surface area contributed by atoms with Crippen LogP contribution in [-0.2, 0) is 4.79 Å². The highest BCUT2D eigenvalue weighted by atomic mass is 79.9. The van der Waals surface area contributed by atoms with Gasteiger partial charge in [0.05, 0.1) is 15.7 Å². The van der Waals surface area contributed by atoms with Crippen LogP contribution in [0.2, 0.25) is 0 Å². The quantitative estimate of drug-likeness (QED) is 0.883. The van der Waals surface area contributed by atoms with Gasteiger partial charge in [-0.1, -0.05) is 0 Å². The smallest absolute Gasteiger partial charge is 0.244 e. The molecule has 0 aliphatic carbocycles. The van der Waals surface area contributed by atoms with Crippen molar-refractivity contribution in [3.05, 3.63) is 22.9 Å². The summed E-state index contributed by atoms with van der Waals surface area (Å²) < 4.78 is 0.791. The maximum atomic E-state index is 12.5. The Balaban J connectivity index is 2.08. The van der Waals surface area contributed by atoms with E-state index < -0.39 is 5.54 Å². The molecule has 19 heavy (non-hydrogen) atoms. The molecule has 1 fully saturated rings. The third kappa shape index (κ3) is 3.32. The van der Waals surface area contributed by atoms with Crippen LogP contribution in [0.15, 0.2) is 22.9 Å². The van der Waals surface area contributed by atoms with Crippen molar-refractivity contribution in [2.24, 2.45) is 0 Å². The average Bonchev–Trinajstić information content (AvgIpc) is 2.42. The molecule has 2 N–H and O–H groups in total. The Morgan fingerprint density at radius 3 is 2.79 bits per heavy atom. The van der Waals surface area contributed by atoms with Crippen LogP contribution in [0, 0.1) is 0 Å². The van der Waals surface area contributed by atoms with Crippen LogP contribution >= 0.6 is 15.9 Å². The summed E-state index contributed by atoms with van der Waals surface area (Å²) >= 11 is 3.39. The maximum Gasteiger partial charge on any atom is 0.244 e. The minimum atomic E-state index is -0.523. The number of rotatable bonds is 3. The van der Waals surface area contributed by atoms with Crippen molar-refractivity contribution in [2.45, 2.75) is 19.4 Å². The Morgan fingerprint density at radius 1 is 1.47 bits per heavy atom. The summed E-state index contributed by atoms with van der Waals surface area (Å²) in [4.78, 5) is 18.7. The Morgan fingerprint density at radius 2 is 2.16 bits per heavy atom. The molecule has 1 amide bonds. The minimum Gasteiger partial charge on any atom is -0.323 e. The molecule has 1 aliphatic rings. The molecule has 104 valence electrons. The molecular weight excluding hydrogens is 308 g/mol. The zero-order valence-electron chi connectivity index (χ0n) is 11.2. The van der Waals surface area contributed by atoms with Crippen molar-refractivity contribution in [3.63, 3.8) is 0 Å². The van der Waals surface area contributed by atoms with Gasteiger partial charge in [0.25, 0.3) is 0 Å². The first kappa shape index (κ1) is 14.4. The SMILES string of the molecule is CC(C)(C(=O)Nc1ccncc1Br)N1CCNCC1. The van der Waals surface area contributed by atoms with E-state index in [1.54, 1.807) is 18.5 Å². The average molecular weight is 327 g/mol. The zero-order chi connectivity index (χ0) is 13.9. The molecule has 0 unspecified atom stereocenters. The Labute approximate surface area is 121 Å². The molecule has 1 saturated heterocycles. The number of anilines is 1. The number of aromatic nitrogens is 1. The number of hydrogen-bond donors (Lipinski definition) is 2. The highest BCUT2D eigenvalue weighted by Crippen LogP contribution is 2.23. The number of hydrogen-bond acceptors (Lipinski definition) is 4. The molecule has 0 atom stereocenters. The molecule has 1 aromatic rings. The van der Waals surface area contributed by atoms with Gasteiger partial charge >= 0.3 is 0 Å². The molecule has 0 spiro atoms. The fraction of sp³-hybridized carbons (Fsp3) is 0.538. The van der Waals surface area contributed by atoms with Crippen molar-refractivity contribution in [2.75, 3.05) is 31.5 Å². The third-order valence-electron chi connectivity index (χ3n) is 3.48. The number of carbonyl (C=O) groups is 1. The molecule has 2 rings (SSSR count). The number of piperazine rings is 1. The second kappa shape index (κ2) is 5.98. The highest BCUT2D eigenvalue weighted by Gasteiger charge is 2.35. The first-order valence-electron chi connectivity index (χ1n) is 6.38. The number of carbonyl (C=O) groups excluding carboxylic acids is 1. The lowest BCUT2D eigenvalue weighted by Crippen LogP contribution is -2.58. The highest BCUT2D eigenvalue weighted by molar-refractivity contribution is 9.10. The molecule has 0 saturated carbocycles. The molecule has 0 radical (unpaired) electrons. The lowest BCUT2D eigenvalue weighted by atomic mass is 10.0. The van der Waals surface area contributed by atoms with E-state index in [0.717, 1.165) is 36.3 Å². The predicted molar refractivity (Wildman–Crippen MR) is 79.1 cm³/mol. The summed E-state index contributed by atoms with van der Waals surface area (Å²) in [6, 6.07) is 1.79. The summed E-state index contributed by atoms with van der Waals surface area (Å²) in [6.07, 6.45) is 3.34. The lowest BCUT2D eigenvalue weighted by Gasteiger charge is -2.39. The molecule has 2 heterocycles.